The average Bonchev–Trinajstić information content (AvgIpc) is 2.14. The molecule has 0 aromatic carbocycles. The maximum absolute atomic E-state index is 8.23. The van der Waals surface area contributed by atoms with Crippen molar-refractivity contribution in [1.29, 1.82) is 5.26 Å². The number of hydrogen-bond donors (Lipinski definition) is 1. The second kappa shape index (κ2) is 2.09. The highest BCUT2D eigenvalue weighted by Gasteiger charge is 1.98. The van der Waals surface area contributed by atoms with Gasteiger partial charge in [0.1, 0.15) is 6.07 Å². The van der Waals surface area contributed by atoms with E-state index in [4.69, 9.17) is 5.26 Å². The summed E-state index contributed by atoms with van der Waals surface area (Å²) in [6.07, 6.45) is 0. The second-order valence-corrected chi connectivity index (χ2v) is 2.10. The van der Waals surface area contributed by atoms with Gasteiger partial charge < -0.3 is 0 Å². The number of halogens is 1. The van der Waals surface area contributed by atoms with E-state index in [1.807, 2.05) is 28.7 Å². The molecular formula is C3HIN4. The fourth-order valence-electron chi connectivity index (χ4n) is 0.289. The monoisotopic (exact) mass is 220 g/mol. The highest BCUT2D eigenvalue weighted by molar-refractivity contribution is 14.1. The van der Waals surface area contributed by atoms with Crippen molar-refractivity contribution in [2.45, 2.75) is 0 Å². The van der Waals surface area contributed by atoms with E-state index in [2.05, 4.69) is 15.4 Å². The molecule has 0 fully saturated rings. The smallest absolute Gasteiger partial charge is 0.195 e. The Morgan fingerprint density at radius 3 is 2.62 bits per heavy atom. The van der Waals surface area contributed by atoms with Crippen LogP contribution in [0.5, 0.6) is 0 Å². The number of nitrogens with zero attached hydrogens (tertiary/aromatic N) is 3. The van der Waals surface area contributed by atoms with Crippen LogP contribution in [0.25, 0.3) is 0 Å². The summed E-state index contributed by atoms with van der Waals surface area (Å²) in [7, 11) is 0. The normalized spacial score (nSPS) is 8.50. The van der Waals surface area contributed by atoms with Crippen LogP contribution in [0.3, 0.4) is 0 Å². The summed E-state index contributed by atoms with van der Waals surface area (Å²) < 4.78 is 0.616. The molecule has 0 aliphatic heterocycles. The standard InChI is InChI=1S/C3HIN4/c4-3-2(1-5)6-8-7-3/h(H,6,7,8). The van der Waals surface area contributed by atoms with Crippen molar-refractivity contribution in [3.8, 4) is 6.07 Å². The highest BCUT2D eigenvalue weighted by atomic mass is 127. The zero-order chi connectivity index (χ0) is 5.98. The summed E-state index contributed by atoms with van der Waals surface area (Å²) in [6, 6.07) is 1.86. The predicted molar refractivity (Wildman–Crippen MR) is 33.8 cm³/mol. The first-order chi connectivity index (χ1) is 3.84. The Balaban J connectivity index is 3.15. The summed E-state index contributed by atoms with van der Waals surface area (Å²) in [5.74, 6) is 0. The van der Waals surface area contributed by atoms with E-state index >= 15 is 0 Å². The van der Waals surface area contributed by atoms with Gasteiger partial charge in [-0.25, -0.2) is 0 Å². The van der Waals surface area contributed by atoms with Crippen molar-refractivity contribution in [1.82, 2.24) is 15.4 Å². The molecule has 1 heterocycles. The zero-order valence-electron chi connectivity index (χ0n) is 3.72. The Kier molecular flexibility index (Phi) is 1.43. The third-order valence-corrected chi connectivity index (χ3v) is 1.36. The van der Waals surface area contributed by atoms with E-state index in [1.165, 1.54) is 0 Å². The molecule has 0 spiro atoms. The summed E-state index contributed by atoms with van der Waals surface area (Å²) >= 11 is 1.93. The molecule has 0 radical (unpaired) electrons. The minimum absolute atomic E-state index is 0.352. The van der Waals surface area contributed by atoms with Gasteiger partial charge in [-0.15, -0.1) is 10.2 Å². The van der Waals surface area contributed by atoms with E-state index in [1.54, 1.807) is 0 Å². The molecule has 1 aromatic heterocycles. The first kappa shape index (κ1) is 5.50. The number of aromatic nitrogens is 3. The van der Waals surface area contributed by atoms with Crippen LogP contribution in [0.2, 0.25) is 0 Å². The molecule has 0 amide bonds. The minimum Gasteiger partial charge on any atom is -0.196 e. The molecule has 0 atom stereocenters. The van der Waals surface area contributed by atoms with Crippen molar-refractivity contribution < 1.29 is 0 Å². The molecule has 4 nitrogen and oxygen atoms in total. The largest absolute Gasteiger partial charge is 0.196 e. The topological polar surface area (TPSA) is 65.4 Å². The van der Waals surface area contributed by atoms with Gasteiger partial charge in [0.2, 0.25) is 0 Å². The molecule has 0 aliphatic rings. The number of H-pyrrole nitrogens is 1. The van der Waals surface area contributed by atoms with Gasteiger partial charge in [-0.3, -0.25) is 0 Å². The first-order valence-electron chi connectivity index (χ1n) is 1.81. The SMILES string of the molecule is N#Cc1n[nH]nc1I. The first-order valence-corrected chi connectivity index (χ1v) is 2.89. The van der Waals surface area contributed by atoms with Crippen LogP contribution in [0, 0.1) is 15.0 Å². The van der Waals surface area contributed by atoms with Crippen LogP contribution in [0.1, 0.15) is 5.69 Å². The van der Waals surface area contributed by atoms with Crippen molar-refractivity contribution in [2.24, 2.45) is 0 Å². The van der Waals surface area contributed by atoms with E-state index in [0.717, 1.165) is 0 Å². The Morgan fingerprint density at radius 2 is 2.38 bits per heavy atom. The van der Waals surface area contributed by atoms with Gasteiger partial charge in [-0.1, -0.05) is 0 Å². The van der Waals surface area contributed by atoms with Crippen LogP contribution in [-0.2, 0) is 0 Å². The molecule has 1 N–H and O–H groups in total. The van der Waals surface area contributed by atoms with Gasteiger partial charge in [0.25, 0.3) is 0 Å². The molecular weight excluding hydrogens is 219 g/mol. The molecule has 1 rings (SSSR count). The summed E-state index contributed by atoms with van der Waals surface area (Å²) in [4.78, 5) is 0. The zero-order valence-corrected chi connectivity index (χ0v) is 5.88. The van der Waals surface area contributed by atoms with E-state index in [0.29, 0.717) is 9.39 Å². The van der Waals surface area contributed by atoms with Crippen LogP contribution >= 0.6 is 22.6 Å². The quantitative estimate of drug-likeness (QED) is 0.638. The molecule has 8 heavy (non-hydrogen) atoms. The average molecular weight is 220 g/mol. The van der Waals surface area contributed by atoms with Crippen molar-refractivity contribution >= 4 is 22.6 Å². The Bertz CT molecular complexity index is 221. The number of hydrogen-bond acceptors (Lipinski definition) is 3. The fourth-order valence-corrected chi connectivity index (χ4v) is 0.638. The summed E-state index contributed by atoms with van der Waals surface area (Å²) in [5.41, 5.74) is 0.352. The second-order valence-electron chi connectivity index (χ2n) is 1.07. The maximum Gasteiger partial charge on any atom is 0.195 e. The van der Waals surface area contributed by atoms with E-state index in [-0.39, 0.29) is 0 Å². The van der Waals surface area contributed by atoms with Crippen LogP contribution in [0.4, 0.5) is 0 Å². The Hall–Kier alpha value is -0.640. The Morgan fingerprint density at radius 1 is 1.62 bits per heavy atom. The molecule has 5 heteroatoms. The lowest BCUT2D eigenvalue weighted by atomic mass is 10.6. The number of nitriles is 1. The lowest BCUT2D eigenvalue weighted by Gasteiger charge is -1.68. The summed E-state index contributed by atoms with van der Waals surface area (Å²) in [5, 5.41) is 17.7. The predicted octanol–water partition coefficient (Wildman–Crippen LogP) is 0.281. The molecule has 0 unspecified atom stereocenters. The third kappa shape index (κ3) is 0.790. The number of aromatic amines is 1. The number of nitrogens with one attached hydrogen (secondary N) is 1. The molecule has 0 saturated carbocycles. The van der Waals surface area contributed by atoms with Gasteiger partial charge in [-0.2, -0.15) is 10.5 Å². The molecule has 0 saturated heterocycles. The fraction of sp³-hybridized carbons (Fsp3) is 0. The van der Waals surface area contributed by atoms with Gasteiger partial charge in [0.05, 0.1) is 0 Å². The van der Waals surface area contributed by atoms with Gasteiger partial charge in [0, 0.05) is 0 Å². The van der Waals surface area contributed by atoms with Crippen LogP contribution < -0.4 is 0 Å². The molecule has 0 aliphatic carbocycles. The summed E-state index contributed by atoms with van der Waals surface area (Å²) in [6.45, 7) is 0. The van der Waals surface area contributed by atoms with Crippen molar-refractivity contribution in [3.05, 3.63) is 9.39 Å². The van der Waals surface area contributed by atoms with Crippen molar-refractivity contribution in [2.75, 3.05) is 0 Å². The van der Waals surface area contributed by atoms with Gasteiger partial charge in [0.15, 0.2) is 9.39 Å². The molecule has 0 bridgehead atoms. The minimum atomic E-state index is 0.352. The van der Waals surface area contributed by atoms with Crippen LogP contribution in [-0.4, -0.2) is 15.4 Å². The van der Waals surface area contributed by atoms with Gasteiger partial charge in [-0.05, 0) is 22.6 Å². The molecule has 40 valence electrons. The Labute approximate surface area is 59.0 Å². The number of rotatable bonds is 0. The molecule has 1 aromatic rings. The lowest BCUT2D eigenvalue weighted by Crippen LogP contribution is -1.74. The van der Waals surface area contributed by atoms with Crippen LogP contribution in [0.15, 0.2) is 0 Å². The third-order valence-electron chi connectivity index (χ3n) is 0.611. The van der Waals surface area contributed by atoms with E-state index < -0.39 is 0 Å². The highest BCUT2D eigenvalue weighted by Crippen LogP contribution is 2.00. The van der Waals surface area contributed by atoms with Crippen molar-refractivity contribution in [3.63, 3.8) is 0 Å². The lowest BCUT2D eigenvalue weighted by molar-refractivity contribution is 0.930. The maximum atomic E-state index is 8.23. The van der Waals surface area contributed by atoms with E-state index in [9.17, 15) is 0 Å². The van der Waals surface area contributed by atoms with Gasteiger partial charge >= 0.3 is 0 Å².